The Morgan fingerprint density at radius 1 is 0.968 bits per heavy atom. The van der Waals surface area contributed by atoms with Gasteiger partial charge in [0.05, 0.1) is 5.41 Å². The Bertz CT molecular complexity index is 934. The highest BCUT2D eigenvalue weighted by atomic mass is 16.2. The lowest BCUT2D eigenvalue weighted by Crippen LogP contribution is -2.51. The number of nitrogens with zero attached hydrogens (tertiary/aromatic N) is 1. The Hall–Kier alpha value is -2.62. The van der Waals surface area contributed by atoms with Gasteiger partial charge in [-0.15, -0.1) is 0 Å². The zero-order valence-electron chi connectivity index (χ0n) is 19.6. The van der Waals surface area contributed by atoms with Crippen LogP contribution < -0.4 is 5.32 Å². The van der Waals surface area contributed by atoms with E-state index in [0.717, 1.165) is 0 Å². The normalized spacial score (nSPS) is 16.1. The van der Waals surface area contributed by atoms with Crippen LogP contribution in [0.1, 0.15) is 51.2 Å². The Labute approximate surface area is 187 Å². The van der Waals surface area contributed by atoms with Crippen molar-refractivity contribution in [1.29, 1.82) is 0 Å². The van der Waals surface area contributed by atoms with Gasteiger partial charge in [-0.1, -0.05) is 69.3 Å². The van der Waals surface area contributed by atoms with Gasteiger partial charge in [-0.3, -0.25) is 9.59 Å². The van der Waals surface area contributed by atoms with E-state index in [1.807, 2.05) is 4.90 Å². The van der Waals surface area contributed by atoms with E-state index in [0.29, 0.717) is 38.8 Å². The van der Waals surface area contributed by atoms with Gasteiger partial charge >= 0.3 is 0 Å². The first-order valence-electron chi connectivity index (χ1n) is 11.3. The topological polar surface area (TPSA) is 49.4 Å². The molecular weight excluding hydrogens is 384 g/mol. The molecule has 1 heterocycles. The van der Waals surface area contributed by atoms with E-state index >= 15 is 0 Å². The van der Waals surface area contributed by atoms with E-state index in [4.69, 9.17) is 0 Å². The number of rotatable bonds is 5. The lowest BCUT2D eigenvalue weighted by molar-refractivity contribution is -0.141. The molecule has 1 N–H and O–H groups in total. The minimum atomic E-state index is -0.494. The summed E-state index contributed by atoms with van der Waals surface area (Å²) in [5.74, 6) is 0.272. The molecule has 4 nitrogen and oxygen atoms in total. The molecule has 4 heteroatoms. The van der Waals surface area contributed by atoms with Gasteiger partial charge in [0.2, 0.25) is 11.8 Å². The number of amides is 2. The second-order valence-corrected chi connectivity index (χ2v) is 10.1. The van der Waals surface area contributed by atoms with Crippen molar-refractivity contribution in [3.63, 3.8) is 0 Å². The van der Waals surface area contributed by atoms with Crippen LogP contribution in [0.4, 0.5) is 0 Å². The average Bonchev–Trinajstić information content (AvgIpc) is 2.73. The maximum absolute atomic E-state index is 13.1. The summed E-state index contributed by atoms with van der Waals surface area (Å²) in [7, 11) is 1.72. The molecule has 0 radical (unpaired) electrons. The largest absolute Gasteiger partial charge is 0.359 e. The fourth-order valence-electron chi connectivity index (χ4n) is 4.68. The Kier molecular flexibility index (Phi) is 6.88. The van der Waals surface area contributed by atoms with Crippen LogP contribution in [0.15, 0.2) is 48.5 Å². The summed E-state index contributed by atoms with van der Waals surface area (Å²) in [5.41, 5.74) is 4.30. The van der Waals surface area contributed by atoms with Crippen LogP contribution in [0, 0.1) is 17.8 Å². The van der Waals surface area contributed by atoms with E-state index < -0.39 is 5.41 Å². The molecule has 0 unspecified atom stereocenters. The summed E-state index contributed by atoms with van der Waals surface area (Å²) in [4.78, 5) is 27.8. The number of hydrogen-bond donors (Lipinski definition) is 1. The van der Waals surface area contributed by atoms with Crippen LogP contribution in [0.2, 0.25) is 0 Å². The average molecular weight is 421 g/mol. The van der Waals surface area contributed by atoms with Crippen molar-refractivity contribution < 1.29 is 9.59 Å². The van der Waals surface area contributed by atoms with E-state index in [1.165, 1.54) is 22.3 Å². The van der Waals surface area contributed by atoms with Gasteiger partial charge < -0.3 is 10.2 Å². The summed E-state index contributed by atoms with van der Waals surface area (Å²) >= 11 is 0. The monoisotopic (exact) mass is 420 g/mol. The molecule has 2 amide bonds. The van der Waals surface area contributed by atoms with Gasteiger partial charge in [0.15, 0.2) is 0 Å². The predicted octanol–water partition coefficient (Wildman–Crippen LogP) is 5.00. The molecule has 1 aliphatic heterocycles. The quantitative estimate of drug-likeness (QED) is 0.740. The lowest BCUT2D eigenvalue weighted by atomic mass is 9.71. The van der Waals surface area contributed by atoms with Crippen molar-refractivity contribution in [2.75, 3.05) is 20.1 Å². The molecule has 0 saturated carbocycles. The van der Waals surface area contributed by atoms with E-state index in [2.05, 4.69) is 81.5 Å². The number of carbonyl (C=O) groups is 2. The summed E-state index contributed by atoms with van der Waals surface area (Å²) in [6.45, 7) is 9.66. The molecule has 0 bridgehead atoms. The van der Waals surface area contributed by atoms with Gasteiger partial charge in [-0.25, -0.2) is 0 Å². The van der Waals surface area contributed by atoms with Gasteiger partial charge in [-0.05, 0) is 53.9 Å². The van der Waals surface area contributed by atoms with Crippen molar-refractivity contribution in [2.45, 2.75) is 53.4 Å². The summed E-state index contributed by atoms with van der Waals surface area (Å²) in [6.07, 6.45) is 2.59. The molecule has 3 rings (SSSR count). The molecule has 166 valence electrons. The number of benzene rings is 2. The lowest BCUT2D eigenvalue weighted by Gasteiger charge is -2.41. The molecular formula is C27H36N2O2. The number of piperidine rings is 1. The first kappa shape index (κ1) is 23.1. The fraction of sp³-hybridized carbons (Fsp3) is 0.481. The molecule has 1 saturated heterocycles. The molecule has 1 aliphatic rings. The second-order valence-electron chi connectivity index (χ2n) is 10.1. The number of aryl methyl sites for hydroxylation is 1. The van der Waals surface area contributed by atoms with Crippen molar-refractivity contribution in [2.24, 2.45) is 10.8 Å². The van der Waals surface area contributed by atoms with E-state index in [9.17, 15) is 9.59 Å². The maximum Gasteiger partial charge on any atom is 0.226 e. The van der Waals surface area contributed by atoms with Crippen molar-refractivity contribution in [3.05, 3.63) is 59.7 Å². The minimum Gasteiger partial charge on any atom is -0.359 e. The Morgan fingerprint density at radius 3 is 2.13 bits per heavy atom. The number of carbonyl (C=O) groups excluding carboxylic acids is 2. The third-order valence-electron chi connectivity index (χ3n) is 6.44. The number of nitrogens with one attached hydrogen (secondary N) is 1. The van der Waals surface area contributed by atoms with Gasteiger partial charge in [0.1, 0.15) is 0 Å². The minimum absolute atomic E-state index is 0.0289. The molecule has 0 aromatic heterocycles. The number of likely N-dealkylation sites (tertiary alicyclic amines) is 1. The van der Waals surface area contributed by atoms with Gasteiger partial charge in [0.25, 0.3) is 0 Å². The van der Waals surface area contributed by atoms with Gasteiger partial charge in [-0.2, -0.15) is 0 Å². The highest BCUT2D eigenvalue weighted by Crippen LogP contribution is 2.39. The third-order valence-corrected chi connectivity index (χ3v) is 6.44. The van der Waals surface area contributed by atoms with Crippen molar-refractivity contribution in [3.8, 4) is 11.1 Å². The van der Waals surface area contributed by atoms with E-state index in [-0.39, 0.29) is 17.2 Å². The molecule has 0 aliphatic carbocycles. The molecule has 2 aromatic rings. The highest BCUT2D eigenvalue weighted by molar-refractivity contribution is 5.84. The smallest absolute Gasteiger partial charge is 0.226 e. The van der Waals surface area contributed by atoms with Crippen LogP contribution in [-0.4, -0.2) is 36.9 Å². The first-order chi connectivity index (χ1) is 14.6. The first-order valence-corrected chi connectivity index (χ1v) is 11.3. The zero-order valence-corrected chi connectivity index (χ0v) is 19.6. The molecule has 1 fully saturated rings. The highest BCUT2D eigenvalue weighted by Gasteiger charge is 2.42. The van der Waals surface area contributed by atoms with Crippen molar-refractivity contribution in [1.82, 2.24) is 10.2 Å². The summed E-state index contributed by atoms with van der Waals surface area (Å²) in [5, 5.41) is 2.91. The van der Waals surface area contributed by atoms with Crippen LogP contribution in [-0.2, 0) is 16.0 Å². The van der Waals surface area contributed by atoms with Crippen molar-refractivity contribution >= 4 is 11.8 Å². The Morgan fingerprint density at radius 2 is 1.55 bits per heavy atom. The maximum atomic E-state index is 13.1. The molecule has 0 spiro atoms. The molecule has 0 atom stereocenters. The summed E-state index contributed by atoms with van der Waals surface area (Å²) < 4.78 is 0. The van der Waals surface area contributed by atoms with Gasteiger partial charge in [0, 0.05) is 26.6 Å². The second kappa shape index (κ2) is 9.25. The molecule has 2 aromatic carbocycles. The zero-order chi connectivity index (χ0) is 22.6. The van der Waals surface area contributed by atoms with Crippen LogP contribution >= 0.6 is 0 Å². The van der Waals surface area contributed by atoms with Crippen LogP contribution in [0.25, 0.3) is 11.1 Å². The van der Waals surface area contributed by atoms with E-state index in [1.54, 1.807) is 7.05 Å². The SMILES string of the molecule is CNC(=O)C1(Cc2ccccc2-c2ccccc2C)CCN(C(=O)CC(C)(C)C)CC1. The standard InChI is InChI=1S/C27H36N2O2/c1-20-10-6-8-12-22(20)23-13-9-7-11-21(23)18-27(25(31)28-5)14-16-29(17-15-27)24(30)19-26(2,3)4/h6-13H,14-19H2,1-5H3,(H,28,31). The van der Waals surface area contributed by atoms with Crippen LogP contribution in [0.5, 0.6) is 0 Å². The molecule has 31 heavy (non-hydrogen) atoms. The van der Waals surface area contributed by atoms with Crippen LogP contribution in [0.3, 0.4) is 0 Å². The predicted molar refractivity (Wildman–Crippen MR) is 127 cm³/mol. The third kappa shape index (κ3) is 5.36. The number of hydrogen-bond acceptors (Lipinski definition) is 2. The fourth-order valence-corrected chi connectivity index (χ4v) is 4.68. The Balaban J connectivity index is 1.86. The summed E-state index contributed by atoms with van der Waals surface area (Å²) in [6, 6.07) is 16.8.